The van der Waals surface area contributed by atoms with Crippen LogP contribution in [-0.4, -0.2) is 9.55 Å². The zero-order valence-electron chi connectivity index (χ0n) is 21.1. The van der Waals surface area contributed by atoms with Gasteiger partial charge in [-0.2, -0.15) is 0 Å². The fraction of sp³-hybridized carbons (Fsp3) is 0.161. The normalized spacial score (nSPS) is 11.1. The molecule has 7 heteroatoms. The minimum Gasteiger partial charge on any atom is -0.485 e. The van der Waals surface area contributed by atoms with E-state index in [-0.39, 0.29) is 17.9 Å². The second-order valence-corrected chi connectivity index (χ2v) is 11.4. The van der Waals surface area contributed by atoms with Crippen molar-refractivity contribution in [2.24, 2.45) is 0 Å². The first kappa shape index (κ1) is 26.1. The van der Waals surface area contributed by atoms with Gasteiger partial charge in [0.25, 0.3) is 5.56 Å². The van der Waals surface area contributed by atoms with Gasteiger partial charge in [-0.1, -0.05) is 66.7 Å². The van der Waals surface area contributed by atoms with Gasteiger partial charge in [0.2, 0.25) is 0 Å². The Balaban J connectivity index is 1.64. The molecule has 0 fully saturated rings. The molecule has 192 valence electrons. The number of aromatic nitrogens is 2. The molecule has 0 aliphatic rings. The van der Waals surface area contributed by atoms with Crippen molar-refractivity contribution in [1.82, 2.24) is 9.55 Å². The van der Waals surface area contributed by atoms with Gasteiger partial charge >= 0.3 is 0 Å². The Morgan fingerprint density at radius 2 is 1.63 bits per heavy atom. The van der Waals surface area contributed by atoms with Crippen LogP contribution in [0.4, 0.5) is 4.39 Å². The smallest absolute Gasteiger partial charge is 0.262 e. The number of rotatable bonds is 8. The van der Waals surface area contributed by atoms with Crippen LogP contribution in [0.25, 0.3) is 21.8 Å². The van der Waals surface area contributed by atoms with Crippen molar-refractivity contribution in [3.05, 3.63) is 127 Å². The number of benzene rings is 3. The van der Waals surface area contributed by atoms with Crippen LogP contribution in [0.2, 0.25) is 0 Å². The number of thiophene rings is 1. The second-order valence-electron chi connectivity index (χ2n) is 9.05. The van der Waals surface area contributed by atoms with E-state index in [4.69, 9.17) is 9.72 Å². The number of halogens is 2. The summed E-state index contributed by atoms with van der Waals surface area (Å²) in [7, 11) is 0. The van der Waals surface area contributed by atoms with E-state index >= 15 is 4.39 Å². The van der Waals surface area contributed by atoms with Crippen LogP contribution >= 0.6 is 27.3 Å². The van der Waals surface area contributed by atoms with Gasteiger partial charge < -0.3 is 4.74 Å². The molecular formula is C31H26BrFN2O2S. The minimum atomic E-state index is -0.498. The molecule has 0 aliphatic heterocycles. The average Bonchev–Trinajstić information content (AvgIpc) is 3.25. The third-order valence-corrected chi connectivity index (χ3v) is 8.51. The maximum absolute atomic E-state index is 15.2. The van der Waals surface area contributed by atoms with Gasteiger partial charge in [0.1, 0.15) is 12.4 Å². The lowest BCUT2D eigenvalue weighted by molar-refractivity contribution is 0.291. The van der Waals surface area contributed by atoms with Gasteiger partial charge in [-0.05, 0) is 71.1 Å². The molecule has 0 amide bonds. The van der Waals surface area contributed by atoms with E-state index in [9.17, 15) is 4.79 Å². The van der Waals surface area contributed by atoms with Crippen molar-refractivity contribution in [2.45, 2.75) is 33.4 Å². The van der Waals surface area contributed by atoms with Crippen molar-refractivity contribution < 1.29 is 9.13 Å². The molecule has 0 saturated carbocycles. The summed E-state index contributed by atoms with van der Waals surface area (Å²) in [4.78, 5) is 19.8. The lowest BCUT2D eigenvalue weighted by Gasteiger charge is -2.18. The number of hydrogen-bond donors (Lipinski definition) is 0. The molecule has 2 heterocycles. The minimum absolute atomic E-state index is 0.0820. The molecule has 0 radical (unpaired) electrons. The van der Waals surface area contributed by atoms with Crippen LogP contribution in [0.1, 0.15) is 22.4 Å². The SMILES string of the molecule is Cc1cc(-c2c(C)nc(-c3cccc(F)c3OCc3ccccc3)n(CCc3ccccc3)c2=O)sc1Br. The molecule has 0 saturated heterocycles. The van der Waals surface area contributed by atoms with Crippen molar-refractivity contribution in [3.63, 3.8) is 0 Å². The van der Waals surface area contributed by atoms with E-state index < -0.39 is 5.82 Å². The molecule has 0 unspecified atom stereocenters. The van der Waals surface area contributed by atoms with Crippen LogP contribution in [0.5, 0.6) is 5.75 Å². The fourth-order valence-electron chi connectivity index (χ4n) is 4.39. The van der Waals surface area contributed by atoms with Crippen molar-refractivity contribution in [3.8, 4) is 27.6 Å². The first-order valence-electron chi connectivity index (χ1n) is 12.3. The van der Waals surface area contributed by atoms with E-state index in [1.165, 1.54) is 17.4 Å². The topological polar surface area (TPSA) is 44.1 Å². The third kappa shape index (κ3) is 5.49. The lowest BCUT2D eigenvalue weighted by atomic mass is 10.1. The fourth-order valence-corrected chi connectivity index (χ4v) is 6.01. The largest absolute Gasteiger partial charge is 0.485 e. The molecule has 5 aromatic rings. The van der Waals surface area contributed by atoms with Gasteiger partial charge in [-0.15, -0.1) is 11.3 Å². The Morgan fingerprint density at radius 3 is 2.29 bits per heavy atom. The summed E-state index contributed by atoms with van der Waals surface area (Å²) in [5.41, 5.74) is 4.52. The molecule has 2 aromatic heterocycles. The van der Waals surface area contributed by atoms with Crippen LogP contribution in [0, 0.1) is 19.7 Å². The van der Waals surface area contributed by atoms with Crippen molar-refractivity contribution >= 4 is 27.3 Å². The number of ether oxygens (including phenoxy) is 1. The Labute approximate surface area is 233 Å². The molecular weight excluding hydrogens is 563 g/mol. The summed E-state index contributed by atoms with van der Waals surface area (Å²) in [5.74, 6) is -0.0255. The molecule has 38 heavy (non-hydrogen) atoms. The van der Waals surface area contributed by atoms with E-state index in [2.05, 4.69) is 15.9 Å². The van der Waals surface area contributed by atoms with Crippen LogP contribution < -0.4 is 10.3 Å². The number of hydrogen-bond acceptors (Lipinski definition) is 4. The molecule has 0 N–H and O–H groups in total. The Bertz CT molecular complexity index is 1610. The molecule has 4 nitrogen and oxygen atoms in total. The Hall–Kier alpha value is -3.55. The summed E-state index contributed by atoms with van der Waals surface area (Å²) in [5, 5.41) is 0. The lowest BCUT2D eigenvalue weighted by Crippen LogP contribution is -2.27. The van der Waals surface area contributed by atoms with E-state index in [1.807, 2.05) is 80.6 Å². The monoisotopic (exact) mass is 588 g/mol. The standard InChI is InChI=1S/C31H26BrFN2O2S/c1-20-18-26(38-29(20)32)27-21(2)34-30(35(31(27)36)17-16-22-10-5-3-6-11-22)24-14-9-15-25(33)28(24)37-19-23-12-7-4-8-13-23/h3-15,18H,16-17,19H2,1-2H3. The molecule has 0 aliphatic carbocycles. The summed E-state index contributed by atoms with van der Waals surface area (Å²) < 4.78 is 23.8. The predicted octanol–water partition coefficient (Wildman–Crippen LogP) is 7.98. The Morgan fingerprint density at radius 1 is 0.947 bits per heavy atom. The highest BCUT2D eigenvalue weighted by molar-refractivity contribution is 9.11. The summed E-state index contributed by atoms with van der Waals surface area (Å²) in [6.07, 6.45) is 0.626. The van der Waals surface area contributed by atoms with Crippen LogP contribution in [0.3, 0.4) is 0 Å². The Kier molecular flexibility index (Phi) is 7.86. The van der Waals surface area contributed by atoms with Gasteiger partial charge in [0.15, 0.2) is 11.6 Å². The average molecular weight is 590 g/mol. The van der Waals surface area contributed by atoms with Gasteiger partial charge in [0.05, 0.1) is 20.6 Å². The quantitative estimate of drug-likeness (QED) is 0.184. The number of aryl methyl sites for hydroxylation is 3. The molecule has 5 rings (SSSR count). The van der Waals surface area contributed by atoms with Crippen molar-refractivity contribution in [1.29, 1.82) is 0 Å². The third-order valence-electron chi connectivity index (χ3n) is 6.35. The highest BCUT2D eigenvalue weighted by atomic mass is 79.9. The first-order chi connectivity index (χ1) is 18.4. The van der Waals surface area contributed by atoms with Crippen LogP contribution in [-0.2, 0) is 19.6 Å². The maximum Gasteiger partial charge on any atom is 0.262 e. The highest BCUT2D eigenvalue weighted by Crippen LogP contribution is 2.36. The zero-order chi connectivity index (χ0) is 26.6. The first-order valence-corrected chi connectivity index (χ1v) is 13.9. The summed E-state index contributed by atoms with van der Waals surface area (Å²) in [6, 6.07) is 26.3. The van der Waals surface area contributed by atoms with Crippen LogP contribution in [0.15, 0.2) is 93.5 Å². The van der Waals surface area contributed by atoms with Gasteiger partial charge in [0, 0.05) is 11.4 Å². The number of nitrogens with zero attached hydrogens (tertiary/aromatic N) is 2. The zero-order valence-corrected chi connectivity index (χ0v) is 23.5. The van der Waals surface area contributed by atoms with Gasteiger partial charge in [-0.25, -0.2) is 9.37 Å². The maximum atomic E-state index is 15.2. The van der Waals surface area contributed by atoms with E-state index in [0.717, 1.165) is 25.4 Å². The molecule has 3 aromatic carbocycles. The number of para-hydroxylation sites is 1. The summed E-state index contributed by atoms with van der Waals surface area (Å²) in [6.45, 7) is 4.41. The van der Waals surface area contributed by atoms with Gasteiger partial charge in [-0.3, -0.25) is 9.36 Å². The second kappa shape index (κ2) is 11.5. The molecule has 0 spiro atoms. The molecule has 0 atom stereocenters. The van der Waals surface area contributed by atoms with Crippen molar-refractivity contribution in [2.75, 3.05) is 0 Å². The van der Waals surface area contributed by atoms with E-state index in [1.54, 1.807) is 16.7 Å². The predicted molar refractivity (Wildman–Crippen MR) is 155 cm³/mol. The summed E-state index contributed by atoms with van der Waals surface area (Å²) >= 11 is 5.09. The molecule has 0 bridgehead atoms. The van der Waals surface area contributed by atoms with E-state index in [0.29, 0.717) is 35.6 Å². The highest BCUT2D eigenvalue weighted by Gasteiger charge is 2.22.